The molecule has 0 aliphatic heterocycles. The van der Waals surface area contributed by atoms with Gasteiger partial charge in [-0.25, -0.2) is 4.79 Å². The van der Waals surface area contributed by atoms with Gasteiger partial charge in [0.05, 0.1) is 35.7 Å². The number of hydrogen-bond donors (Lipinski definition) is 2. The zero-order valence-electron chi connectivity index (χ0n) is 20.8. The first-order valence-corrected chi connectivity index (χ1v) is 12.0. The summed E-state index contributed by atoms with van der Waals surface area (Å²) in [6, 6.07) is 17.4. The normalized spacial score (nSPS) is 12.2. The molecule has 2 heterocycles. The van der Waals surface area contributed by atoms with Crippen LogP contribution in [0.15, 0.2) is 76.1 Å². The van der Waals surface area contributed by atoms with E-state index in [1.807, 2.05) is 55.1 Å². The van der Waals surface area contributed by atoms with Crippen LogP contribution in [0.1, 0.15) is 34.5 Å². The summed E-state index contributed by atoms with van der Waals surface area (Å²) >= 11 is 0. The second-order valence-electron chi connectivity index (χ2n) is 9.08. The standard InChI is InChI=1S/C29H27N3O5/c1-17-12-22(18(2)30-25-7-5-4-6-21(25)29(34)35)28-23(13-17)26(33)15-27(37-28)19-8-9-24-20(14-19)16-32(31-24)10-11-36-3/h4-9,12-16,18,30H,10-11H2,1-3H3,(H,34,35). The van der Waals surface area contributed by atoms with Crippen LogP contribution >= 0.6 is 0 Å². The highest BCUT2D eigenvalue weighted by Crippen LogP contribution is 2.32. The quantitative estimate of drug-likeness (QED) is 0.286. The van der Waals surface area contributed by atoms with E-state index in [1.165, 1.54) is 6.07 Å². The molecule has 5 rings (SSSR count). The summed E-state index contributed by atoms with van der Waals surface area (Å²) in [5, 5.41) is 18.8. The van der Waals surface area contributed by atoms with Crippen LogP contribution in [-0.2, 0) is 11.3 Å². The Hall–Kier alpha value is -4.43. The number of para-hydroxylation sites is 1. The number of fused-ring (bicyclic) bond motifs is 2. The molecule has 8 nitrogen and oxygen atoms in total. The molecule has 0 fully saturated rings. The Morgan fingerprint density at radius 2 is 1.97 bits per heavy atom. The van der Waals surface area contributed by atoms with E-state index in [-0.39, 0.29) is 17.0 Å². The van der Waals surface area contributed by atoms with E-state index >= 15 is 0 Å². The van der Waals surface area contributed by atoms with Gasteiger partial charge in [0.2, 0.25) is 0 Å². The van der Waals surface area contributed by atoms with Gasteiger partial charge in [-0.2, -0.15) is 5.10 Å². The number of rotatable bonds is 8. The number of nitrogens with zero attached hydrogens (tertiary/aromatic N) is 2. The third-order valence-electron chi connectivity index (χ3n) is 6.36. The van der Waals surface area contributed by atoms with Crippen molar-refractivity contribution >= 4 is 33.5 Å². The second-order valence-corrected chi connectivity index (χ2v) is 9.08. The molecule has 2 N–H and O–H groups in total. The third-order valence-corrected chi connectivity index (χ3v) is 6.36. The molecule has 3 aromatic carbocycles. The Morgan fingerprint density at radius 1 is 1.16 bits per heavy atom. The number of benzene rings is 3. The first kappa shape index (κ1) is 24.3. The minimum absolute atomic E-state index is 0.143. The van der Waals surface area contributed by atoms with E-state index in [2.05, 4.69) is 10.4 Å². The van der Waals surface area contributed by atoms with E-state index in [1.54, 1.807) is 31.4 Å². The number of carbonyl (C=O) groups is 1. The maximum atomic E-state index is 13.2. The van der Waals surface area contributed by atoms with Crippen molar-refractivity contribution in [2.45, 2.75) is 26.4 Å². The van der Waals surface area contributed by atoms with Gasteiger partial charge in [-0.1, -0.05) is 18.2 Å². The van der Waals surface area contributed by atoms with Gasteiger partial charge in [-0.15, -0.1) is 0 Å². The van der Waals surface area contributed by atoms with Crippen LogP contribution in [-0.4, -0.2) is 34.6 Å². The molecule has 0 aliphatic carbocycles. The monoisotopic (exact) mass is 497 g/mol. The molecule has 0 spiro atoms. The predicted molar refractivity (Wildman–Crippen MR) is 143 cm³/mol. The zero-order chi connectivity index (χ0) is 26.1. The molecule has 5 aromatic rings. The lowest BCUT2D eigenvalue weighted by molar-refractivity contribution is 0.0698. The van der Waals surface area contributed by atoms with Crippen LogP contribution in [0.3, 0.4) is 0 Å². The Labute approximate surface area is 213 Å². The fraction of sp³-hybridized carbons (Fsp3) is 0.207. The third kappa shape index (κ3) is 4.83. The van der Waals surface area contributed by atoms with Crippen molar-refractivity contribution in [2.24, 2.45) is 0 Å². The van der Waals surface area contributed by atoms with Crippen LogP contribution in [0, 0.1) is 6.92 Å². The summed E-state index contributed by atoms with van der Waals surface area (Å²) in [6.45, 7) is 5.04. The largest absolute Gasteiger partial charge is 0.478 e. The molecule has 8 heteroatoms. The molecule has 1 unspecified atom stereocenters. The van der Waals surface area contributed by atoms with E-state index in [9.17, 15) is 14.7 Å². The summed E-state index contributed by atoms with van der Waals surface area (Å²) in [5.74, 6) is -0.563. The van der Waals surface area contributed by atoms with Crippen molar-refractivity contribution in [2.75, 3.05) is 19.0 Å². The lowest BCUT2D eigenvalue weighted by Crippen LogP contribution is -2.12. The van der Waals surface area contributed by atoms with Crippen molar-refractivity contribution in [1.82, 2.24) is 9.78 Å². The van der Waals surface area contributed by atoms with E-state index in [0.717, 1.165) is 27.6 Å². The molecule has 0 saturated heterocycles. The summed E-state index contributed by atoms with van der Waals surface area (Å²) in [7, 11) is 1.65. The number of aromatic carboxylic acids is 1. The molecule has 0 radical (unpaired) electrons. The number of anilines is 1. The first-order valence-electron chi connectivity index (χ1n) is 12.0. The molecule has 2 aromatic heterocycles. The molecule has 0 amide bonds. The van der Waals surface area contributed by atoms with Gasteiger partial charge >= 0.3 is 5.97 Å². The number of carboxylic acids is 1. The van der Waals surface area contributed by atoms with Crippen LogP contribution in [0.4, 0.5) is 5.69 Å². The van der Waals surface area contributed by atoms with Crippen molar-refractivity contribution in [3.63, 3.8) is 0 Å². The number of hydrogen-bond acceptors (Lipinski definition) is 6. The smallest absolute Gasteiger partial charge is 0.337 e. The highest BCUT2D eigenvalue weighted by molar-refractivity contribution is 5.94. The number of methoxy groups -OCH3 is 1. The lowest BCUT2D eigenvalue weighted by atomic mass is 10.00. The Morgan fingerprint density at radius 3 is 2.76 bits per heavy atom. The maximum absolute atomic E-state index is 13.2. The summed E-state index contributed by atoms with van der Waals surface area (Å²) in [4.78, 5) is 24.9. The minimum atomic E-state index is -1.01. The average Bonchev–Trinajstić information content (AvgIpc) is 3.29. The Kier molecular flexibility index (Phi) is 6.50. The van der Waals surface area contributed by atoms with E-state index in [4.69, 9.17) is 9.15 Å². The highest BCUT2D eigenvalue weighted by atomic mass is 16.5. The molecular weight excluding hydrogens is 470 g/mol. The fourth-order valence-corrected chi connectivity index (χ4v) is 4.53. The van der Waals surface area contributed by atoms with Crippen LogP contribution in [0.2, 0.25) is 0 Å². The van der Waals surface area contributed by atoms with E-state index < -0.39 is 5.97 Å². The van der Waals surface area contributed by atoms with Crippen molar-refractivity contribution in [3.8, 4) is 11.3 Å². The number of aryl methyl sites for hydroxylation is 1. The molecule has 37 heavy (non-hydrogen) atoms. The molecule has 1 atom stereocenters. The second kappa shape index (κ2) is 9.91. The number of aromatic nitrogens is 2. The van der Waals surface area contributed by atoms with Gasteiger partial charge in [0, 0.05) is 41.6 Å². The summed E-state index contributed by atoms with van der Waals surface area (Å²) < 4.78 is 13.3. The maximum Gasteiger partial charge on any atom is 0.337 e. The minimum Gasteiger partial charge on any atom is -0.478 e. The lowest BCUT2D eigenvalue weighted by Gasteiger charge is -2.19. The number of carboxylic acid groups (broad SMARTS) is 1. The first-order chi connectivity index (χ1) is 17.8. The fourth-order valence-electron chi connectivity index (χ4n) is 4.53. The van der Waals surface area contributed by atoms with Crippen molar-refractivity contribution in [3.05, 3.63) is 93.8 Å². The van der Waals surface area contributed by atoms with Gasteiger partial charge < -0.3 is 19.6 Å². The van der Waals surface area contributed by atoms with Crippen LogP contribution in [0.5, 0.6) is 0 Å². The average molecular weight is 498 g/mol. The molecular formula is C29H27N3O5. The topological polar surface area (TPSA) is 107 Å². The highest BCUT2D eigenvalue weighted by Gasteiger charge is 2.18. The SMILES string of the molecule is COCCn1cc2cc(-c3cc(=O)c4cc(C)cc(C(C)Nc5ccccc5C(=O)O)c4o3)ccc2n1. The number of ether oxygens (including phenoxy) is 1. The van der Waals surface area contributed by atoms with Crippen LogP contribution < -0.4 is 10.7 Å². The molecule has 188 valence electrons. The van der Waals surface area contributed by atoms with Gasteiger partial charge in [-0.05, 0) is 55.8 Å². The van der Waals surface area contributed by atoms with Gasteiger partial charge in [0.25, 0.3) is 0 Å². The predicted octanol–water partition coefficient (Wildman–Crippen LogP) is 5.64. The van der Waals surface area contributed by atoms with Gasteiger partial charge in [0.1, 0.15) is 11.3 Å². The van der Waals surface area contributed by atoms with Crippen molar-refractivity contribution < 1.29 is 19.1 Å². The Bertz CT molecular complexity index is 1680. The summed E-state index contributed by atoms with van der Waals surface area (Å²) in [6.07, 6.45) is 1.94. The van der Waals surface area contributed by atoms with Gasteiger partial charge in [0.15, 0.2) is 5.43 Å². The van der Waals surface area contributed by atoms with E-state index in [0.29, 0.717) is 35.6 Å². The zero-order valence-corrected chi connectivity index (χ0v) is 20.8. The van der Waals surface area contributed by atoms with Crippen LogP contribution in [0.25, 0.3) is 33.2 Å². The molecule has 0 bridgehead atoms. The summed E-state index contributed by atoms with van der Waals surface area (Å²) in [5.41, 5.74) is 4.27. The molecule has 0 saturated carbocycles. The molecule has 0 aliphatic rings. The van der Waals surface area contributed by atoms with Gasteiger partial charge in [-0.3, -0.25) is 9.48 Å². The van der Waals surface area contributed by atoms with Crippen molar-refractivity contribution in [1.29, 1.82) is 0 Å². The Balaban J connectivity index is 1.58. The number of nitrogens with one attached hydrogen (secondary N) is 1.